The molecule has 3 heterocycles. The van der Waals surface area contributed by atoms with E-state index in [2.05, 4.69) is 27.2 Å². The first-order chi connectivity index (χ1) is 10.3. The first kappa shape index (κ1) is 13.3. The maximum Gasteiger partial charge on any atom is 0.421 e. The molecular weight excluding hydrogens is 270 g/mol. The molecule has 7 nitrogen and oxygen atoms in total. The van der Waals surface area contributed by atoms with Crippen LogP contribution in [0.5, 0.6) is 0 Å². The molecule has 0 fully saturated rings. The Morgan fingerprint density at radius 1 is 1.29 bits per heavy atom. The van der Waals surface area contributed by atoms with E-state index < -0.39 is 5.76 Å². The average molecular weight is 285 g/mol. The van der Waals surface area contributed by atoms with E-state index in [4.69, 9.17) is 4.42 Å². The van der Waals surface area contributed by atoms with E-state index in [9.17, 15) is 4.79 Å². The summed E-state index contributed by atoms with van der Waals surface area (Å²) in [5.74, 6) is 0.279. The van der Waals surface area contributed by atoms with E-state index >= 15 is 0 Å². The lowest BCUT2D eigenvalue weighted by Gasteiger charge is -2.04. The van der Waals surface area contributed by atoms with Crippen molar-refractivity contribution in [2.75, 3.05) is 11.9 Å². The van der Waals surface area contributed by atoms with E-state index in [0.29, 0.717) is 16.9 Å². The molecule has 0 atom stereocenters. The van der Waals surface area contributed by atoms with Crippen molar-refractivity contribution in [1.82, 2.24) is 19.5 Å². The molecule has 21 heavy (non-hydrogen) atoms. The second-order valence-corrected chi connectivity index (χ2v) is 4.60. The number of anilines is 1. The van der Waals surface area contributed by atoms with Crippen molar-refractivity contribution in [2.24, 2.45) is 0 Å². The lowest BCUT2D eigenvalue weighted by atomic mass is 10.4. The third-order valence-corrected chi connectivity index (χ3v) is 3.01. The van der Waals surface area contributed by atoms with Crippen LogP contribution in [0.2, 0.25) is 0 Å². The highest BCUT2D eigenvalue weighted by molar-refractivity contribution is 5.67. The Bertz CT molecular complexity index is 791. The third-order valence-electron chi connectivity index (χ3n) is 3.01. The fourth-order valence-electron chi connectivity index (χ4n) is 1.98. The van der Waals surface area contributed by atoms with Gasteiger partial charge >= 0.3 is 5.76 Å². The molecule has 0 aliphatic rings. The van der Waals surface area contributed by atoms with Crippen molar-refractivity contribution in [3.05, 3.63) is 47.0 Å². The van der Waals surface area contributed by atoms with Gasteiger partial charge in [-0.3, -0.25) is 9.55 Å². The molecular formula is C14H15N5O2. The van der Waals surface area contributed by atoms with Crippen molar-refractivity contribution in [3.8, 4) is 0 Å². The van der Waals surface area contributed by atoms with Gasteiger partial charge in [-0.2, -0.15) is 0 Å². The lowest BCUT2D eigenvalue weighted by molar-refractivity contribution is 0.515. The minimum Gasteiger partial charge on any atom is -0.406 e. The van der Waals surface area contributed by atoms with Crippen molar-refractivity contribution >= 4 is 17.0 Å². The molecule has 108 valence electrons. The molecule has 0 amide bonds. The number of hydrogen-bond acceptors (Lipinski definition) is 6. The summed E-state index contributed by atoms with van der Waals surface area (Å²) in [5.41, 5.74) is 1.65. The van der Waals surface area contributed by atoms with E-state index in [1.54, 1.807) is 30.7 Å². The van der Waals surface area contributed by atoms with Crippen LogP contribution in [-0.2, 0) is 6.54 Å². The molecule has 3 rings (SSSR count). The highest BCUT2D eigenvalue weighted by Crippen LogP contribution is 2.10. The molecule has 0 aliphatic heterocycles. The molecule has 0 saturated heterocycles. The van der Waals surface area contributed by atoms with Gasteiger partial charge < -0.3 is 9.73 Å². The highest BCUT2D eigenvalue weighted by atomic mass is 16.4. The summed E-state index contributed by atoms with van der Waals surface area (Å²) in [7, 11) is 0. The van der Waals surface area contributed by atoms with E-state index in [1.807, 2.05) is 0 Å². The van der Waals surface area contributed by atoms with Crippen molar-refractivity contribution in [2.45, 2.75) is 19.9 Å². The summed E-state index contributed by atoms with van der Waals surface area (Å²) in [4.78, 5) is 24.6. The van der Waals surface area contributed by atoms with Crippen LogP contribution < -0.4 is 11.1 Å². The molecule has 7 heteroatoms. The monoisotopic (exact) mass is 285 g/mol. The Kier molecular flexibility index (Phi) is 3.63. The second-order valence-electron chi connectivity index (χ2n) is 4.60. The maximum atomic E-state index is 11.8. The fraction of sp³-hybridized carbons (Fsp3) is 0.286. The first-order valence-electron chi connectivity index (χ1n) is 6.77. The highest BCUT2D eigenvalue weighted by Gasteiger charge is 2.11. The van der Waals surface area contributed by atoms with Crippen LogP contribution in [0.25, 0.3) is 11.2 Å². The number of nitrogens with zero attached hydrogens (tertiary/aromatic N) is 4. The van der Waals surface area contributed by atoms with Crippen LogP contribution >= 0.6 is 0 Å². The van der Waals surface area contributed by atoms with Crippen LogP contribution in [0.4, 0.5) is 5.82 Å². The Morgan fingerprint density at radius 2 is 2.19 bits per heavy atom. The van der Waals surface area contributed by atoms with Crippen LogP contribution in [0.15, 0.2) is 39.9 Å². The minimum atomic E-state index is -0.446. The lowest BCUT2D eigenvalue weighted by Crippen LogP contribution is -2.16. The standard InChI is InChI=1S/C14H15N5O2/c1-2-5-15-12-8-17-10(7-18-12)9-19-13-11(21-14(19)20)4-3-6-16-13/h3-4,6-8H,2,5,9H2,1H3,(H,15,18). The Morgan fingerprint density at radius 3 is 2.95 bits per heavy atom. The van der Waals surface area contributed by atoms with Gasteiger partial charge in [-0.25, -0.2) is 14.8 Å². The molecule has 1 N–H and O–H groups in total. The minimum absolute atomic E-state index is 0.282. The molecule has 0 aliphatic carbocycles. The van der Waals surface area contributed by atoms with Gasteiger partial charge in [0.1, 0.15) is 5.82 Å². The molecule has 0 bridgehead atoms. The average Bonchev–Trinajstić information content (AvgIpc) is 2.83. The van der Waals surface area contributed by atoms with Crippen LogP contribution in [0.3, 0.4) is 0 Å². The number of fused-ring (bicyclic) bond motifs is 1. The topological polar surface area (TPSA) is 85.8 Å². The maximum absolute atomic E-state index is 11.8. The summed E-state index contributed by atoms with van der Waals surface area (Å²) >= 11 is 0. The largest absolute Gasteiger partial charge is 0.421 e. The summed E-state index contributed by atoms with van der Waals surface area (Å²) in [5, 5.41) is 3.15. The normalized spacial score (nSPS) is 10.9. The molecule has 3 aromatic heterocycles. The van der Waals surface area contributed by atoms with E-state index in [-0.39, 0.29) is 6.54 Å². The zero-order valence-corrected chi connectivity index (χ0v) is 11.6. The van der Waals surface area contributed by atoms with Gasteiger partial charge in [0.05, 0.1) is 24.6 Å². The van der Waals surface area contributed by atoms with Crippen LogP contribution in [0, 0.1) is 0 Å². The predicted molar refractivity (Wildman–Crippen MR) is 78.2 cm³/mol. The Labute approximate surface area is 120 Å². The summed E-state index contributed by atoms with van der Waals surface area (Å²) in [6.45, 7) is 3.21. The Balaban J connectivity index is 1.85. The van der Waals surface area contributed by atoms with Gasteiger partial charge in [0.25, 0.3) is 0 Å². The molecule has 0 spiro atoms. The number of hydrogen-bond donors (Lipinski definition) is 1. The van der Waals surface area contributed by atoms with Crippen LogP contribution in [-0.4, -0.2) is 26.1 Å². The summed E-state index contributed by atoms with van der Waals surface area (Å²) in [6.07, 6.45) is 5.95. The van der Waals surface area contributed by atoms with Crippen molar-refractivity contribution < 1.29 is 4.42 Å². The van der Waals surface area contributed by atoms with E-state index in [0.717, 1.165) is 18.8 Å². The second kappa shape index (κ2) is 5.74. The number of pyridine rings is 1. The quantitative estimate of drug-likeness (QED) is 0.767. The number of oxazole rings is 1. The zero-order chi connectivity index (χ0) is 14.7. The third kappa shape index (κ3) is 2.76. The van der Waals surface area contributed by atoms with Gasteiger partial charge in [0.2, 0.25) is 0 Å². The van der Waals surface area contributed by atoms with Crippen molar-refractivity contribution in [3.63, 3.8) is 0 Å². The zero-order valence-electron chi connectivity index (χ0n) is 11.6. The Hall–Kier alpha value is -2.70. The van der Waals surface area contributed by atoms with Gasteiger partial charge in [0.15, 0.2) is 11.2 Å². The summed E-state index contributed by atoms with van der Waals surface area (Å²) in [6, 6.07) is 3.44. The molecule has 3 aromatic rings. The first-order valence-corrected chi connectivity index (χ1v) is 6.77. The summed E-state index contributed by atoms with van der Waals surface area (Å²) < 4.78 is 6.58. The number of nitrogens with one attached hydrogen (secondary N) is 1. The van der Waals surface area contributed by atoms with Gasteiger partial charge in [-0.1, -0.05) is 6.92 Å². The van der Waals surface area contributed by atoms with E-state index in [1.165, 1.54) is 4.57 Å². The number of aromatic nitrogens is 4. The van der Waals surface area contributed by atoms with Crippen molar-refractivity contribution in [1.29, 1.82) is 0 Å². The smallest absolute Gasteiger partial charge is 0.406 e. The molecule has 0 radical (unpaired) electrons. The van der Waals surface area contributed by atoms with Gasteiger partial charge in [-0.05, 0) is 18.6 Å². The fourth-order valence-corrected chi connectivity index (χ4v) is 1.98. The molecule has 0 saturated carbocycles. The molecule has 0 aromatic carbocycles. The SMILES string of the molecule is CCCNc1cnc(Cn2c(=O)oc3cccnc32)cn1. The predicted octanol–water partition coefficient (Wildman–Crippen LogP) is 1.65. The van der Waals surface area contributed by atoms with Gasteiger partial charge in [-0.15, -0.1) is 0 Å². The molecule has 0 unspecified atom stereocenters. The number of rotatable bonds is 5. The van der Waals surface area contributed by atoms with Crippen LogP contribution in [0.1, 0.15) is 19.0 Å². The van der Waals surface area contributed by atoms with Gasteiger partial charge in [0, 0.05) is 12.7 Å².